The molecule has 1 saturated heterocycles. The Kier molecular flexibility index (Phi) is 2.82. The van der Waals surface area contributed by atoms with Gasteiger partial charge < -0.3 is 0 Å². The van der Waals surface area contributed by atoms with Gasteiger partial charge in [-0.05, 0) is 36.0 Å². The summed E-state index contributed by atoms with van der Waals surface area (Å²) in [5, 5.41) is 0.760. The van der Waals surface area contributed by atoms with Gasteiger partial charge in [-0.1, -0.05) is 17.7 Å². The fourth-order valence-corrected chi connectivity index (χ4v) is 3.77. The molecule has 0 N–H and O–H groups in total. The summed E-state index contributed by atoms with van der Waals surface area (Å²) >= 11 is 8.25. The Bertz CT molecular complexity index is 503. The van der Waals surface area contributed by atoms with Crippen molar-refractivity contribution in [3.05, 3.63) is 35.4 Å². The SMILES string of the molecule is Clc1cccc2cnc(CC3CCSC3)n12. The molecular formula is C12H13ClN2S. The zero-order valence-electron chi connectivity index (χ0n) is 8.90. The summed E-state index contributed by atoms with van der Waals surface area (Å²) < 4.78 is 2.06. The van der Waals surface area contributed by atoms with Crippen molar-refractivity contribution < 1.29 is 0 Å². The van der Waals surface area contributed by atoms with Crippen molar-refractivity contribution >= 4 is 28.9 Å². The number of hydrogen-bond acceptors (Lipinski definition) is 2. The number of pyridine rings is 1. The Hall–Kier alpha value is -0.670. The lowest BCUT2D eigenvalue weighted by Crippen LogP contribution is -2.06. The van der Waals surface area contributed by atoms with Crippen molar-refractivity contribution in [3.63, 3.8) is 0 Å². The maximum atomic E-state index is 6.21. The van der Waals surface area contributed by atoms with E-state index >= 15 is 0 Å². The Balaban J connectivity index is 1.97. The fraction of sp³-hybridized carbons (Fsp3) is 0.417. The summed E-state index contributed by atoms with van der Waals surface area (Å²) in [6.07, 6.45) is 4.26. The Morgan fingerprint density at radius 2 is 2.44 bits per heavy atom. The van der Waals surface area contributed by atoms with Crippen molar-refractivity contribution in [1.82, 2.24) is 9.38 Å². The van der Waals surface area contributed by atoms with Crippen LogP contribution >= 0.6 is 23.4 Å². The van der Waals surface area contributed by atoms with Gasteiger partial charge >= 0.3 is 0 Å². The molecule has 1 aliphatic rings. The van der Waals surface area contributed by atoms with Gasteiger partial charge in [0.15, 0.2) is 0 Å². The molecule has 0 bridgehead atoms. The van der Waals surface area contributed by atoms with E-state index in [-0.39, 0.29) is 0 Å². The monoisotopic (exact) mass is 252 g/mol. The van der Waals surface area contributed by atoms with Gasteiger partial charge in [0.2, 0.25) is 0 Å². The quantitative estimate of drug-likeness (QED) is 0.764. The van der Waals surface area contributed by atoms with Gasteiger partial charge in [-0.2, -0.15) is 11.8 Å². The zero-order valence-corrected chi connectivity index (χ0v) is 10.5. The van der Waals surface area contributed by atoms with E-state index in [1.54, 1.807) is 0 Å². The Morgan fingerprint density at radius 3 is 3.25 bits per heavy atom. The number of nitrogens with zero attached hydrogens (tertiary/aromatic N) is 2. The number of fused-ring (bicyclic) bond motifs is 1. The average molecular weight is 253 g/mol. The minimum Gasteiger partial charge on any atom is -0.287 e. The molecule has 0 saturated carbocycles. The second-order valence-electron chi connectivity index (χ2n) is 4.22. The van der Waals surface area contributed by atoms with Gasteiger partial charge in [0, 0.05) is 6.42 Å². The highest BCUT2D eigenvalue weighted by Crippen LogP contribution is 2.27. The molecule has 1 atom stereocenters. The van der Waals surface area contributed by atoms with Gasteiger partial charge in [-0.3, -0.25) is 4.40 Å². The van der Waals surface area contributed by atoms with E-state index in [1.807, 2.05) is 36.2 Å². The summed E-state index contributed by atoms with van der Waals surface area (Å²) in [6, 6.07) is 5.93. The fourth-order valence-electron chi connectivity index (χ4n) is 2.22. The maximum absolute atomic E-state index is 6.21. The molecule has 2 aromatic heterocycles. The van der Waals surface area contributed by atoms with Crippen LogP contribution in [0.5, 0.6) is 0 Å². The molecule has 0 spiro atoms. The largest absolute Gasteiger partial charge is 0.287 e. The van der Waals surface area contributed by atoms with Crippen LogP contribution in [0.15, 0.2) is 24.4 Å². The van der Waals surface area contributed by atoms with Crippen molar-refractivity contribution in [2.45, 2.75) is 12.8 Å². The molecule has 0 radical (unpaired) electrons. The van der Waals surface area contributed by atoms with Crippen LogP contribution in [-0.4, -0.2) is 20.9 Å². The molecule has 0 aliphatic carbocycles. The zero-order chi connectivity index (χ0) is 11.0. The third kappa shape index (κ3) is 1.82. The predicted octanol–water partition coefficient (Wildman–Crippen LogP) is 3.28. The average Bonchev–Trinajstić information content (AvgIpc) is 2.90. The van der Waals surface area contributed by atoms with Crippen LogP contribution in [0.25, 0.3) is 5.52 Å². The van der Waals surface area contributed by atoms with Crippen LogP contribution in [0.1, 0.15) is 12.2 Å². The smallest absolute Gasteiger partial charge is 0.114 e. The lowest BCUT2D eigenvalue weighted by molar-refractivity contribution is 0.575. The molecule has 0 amide bonds. The van der Waals surface area contributed by atoms with Crippen molar-refractivity contribution in [2.75, 3.05) is 11.5 Å². The highest BCUT2D eigenvalue weighted by atomic mass is 35.5. The van der Waals surface area contributed by atoms with E-state index in [2.05, 4.69) is 9.38 Å². The molecule has 4 heteroatoms. The summed E-state index contributed by atoms with van der Waals surface area (Å²) in [7, 11) is 0. The number of imidazole rings is 1. The lowest BCUT2D eigenvalue weighted by Gasteiger charge is -2.08. The number of aromatic nitrogens is 2. The van der Waals surface area contributed by atoms with E-state index in [1.165, 1.54) is 17.9 Å². The number of halogens is 1. The molecule has 84 valence electrons. The first-order valence-corrected chi connectivity index (χ1v) is 7.06. The van der Waals surface area contributed by atoms with Gasteiger partial charge in [-0.15, -0.1) is 0 Å². The lowest BCUT2D eigenvalue weighted by atomic mass is 10.1. The van der Waals surface area contributed by atoms with E-state index < -0.39 is 0 Å². The van der Waals surface area contributed by atoms with Gasteiger partial charge in [0.05, 0.1) is 11.7 Å². The van der Waals surface area contributed by atoms with Crippen molar-refractivity contribution in [3.8, 4) is 0 Å². The van der Waals surface area contributed by atoms with Crippen LogP contribution in [0.4, 0.5) is 0 Å². The van der Waals surface area contributed by atoms with Gasteiger partial charge in [0.1, 0.15) is 11.0 Å². The molecule has 16 heavy (non-hydrogen) atoms. The minimum absolute atomic E-state index is 0.760. The highest BCUT2D eigenvalue weighted by molar-refractivity contribution is 7.99. The van der Waals surface area contributed by atoms with Gasteiger partial charge in [0.25, 0.3) is 0 Å². The molecule has 0 aromatic carbocycles. The van der Waals surface area contributed by atoms with Crippen molar-refractivity contribution in [1.29, 1.82) is 0 Å². The van der Waals surface area contributed by atoms with Crippen LogP contribution in [-0.2, 0) is 6.42 Å². The number of hydrogen-bond donors (Lipinski definition) is 0. The molecule has 3 rings (SSSR count). The van der Waals surface area contributed by atoms with Crippen LogP contribution in [0.3, 0.4) is 0 Å². The standard InChI is InChI=1S/C12H13ClN2S/c13-11-3-1-2-10-7-14-12(15(10)11)6-9-4-5-16-8-9/h1-3,7,9H,4-6,8H2. The van der Waals surface area contributed by atoms with E-state index in [4.69, 9.17) is 11.6 Å². The summed E-state index contributed by atoms with van der Waals surface area (Å²) in [6.45, 7) is 0. The van der Waals surface area contributed by atoms with Crippen LogP contribution in [0.2, 0.25) is 5.15 Å². The normalized spacial score (nSPS) is 20.7. The third-order valence-electron chi connectivity index (χ3n) is 3.07. The summed E-state index contributed by atoms with van der Waals surface area (Å²) in [5.41, 5.74) is 1.09. The van der Waals surface area contributed by atoms with Crippen molar-refractivity contribution in [2.24, 2.45) is 5.92 Å². The minimum atomic E-state index is 0.760. The van der Waals surface area contributed by atoms with E-state index in [9.17, 15) is 0 Å². The first kappa shape index (κ1) is 10.5. The molecule has 2 aromatic rings. The second kappa shape index (κ2) is 4.30. The molecule has 1 aliphatic heterocycles. The molecule has 1 unspecified atom stereocenters. The van der Waals surface area contributed by atoms with Gasteiger partial charge in [-0.25, -0.2) is 4.98 Å². The highest BCUT2D eigenvalue weighted by Gasteiger charge is 2.18. The van der Waals surface area contributed by atoms with Crippen LogP contribution < -0.4 is 0 Å². The second-order valence-corrected chi connectivity index (χ2v) is 5.75. The Morgan fingerprint density at radius 1 is 1.50 bits per heavy atom. The van der Waals surface area contributed by atoms with Crippen LogP contribution in [0, 0.1) is 5.92 Å². The summed E-state index contributed by atoms with van der Waals surface area (Å²) in [4.78, 5) is 4.49. The first-order chi connectivity index (χ1) is 7.84. The Labute approximate surface area is 104 Å². The topological polar surface area (TPSA) is 17.3 Å². The molecule has 2 nitrogen and oxygen atoms in total. The molecule has 1 fully saturated rings. The number of rotatable bonds is 2. The predicted molar refractivity (Wildman–Crippen MR) is 69.3 cm³/mol. The molecular weight excluding hydrogens is 240 g/mol. The third-order valence-corrected chi connectivity index (χ3v) is 4.60. The molecule has 3 heterocycles. The number of thioether (sulfide) groups is 1. The van der Waals surface area contributed by atoms with E-state index in [0.29, 0.717) is 0 Å². The van der Waals surface area contributed by atoms with E-state index in [0.717, 1.165) is 28.8 Å². The maximum Gasteiger partial charge on any atom is 0.114 e. The first-order valence-electron chi connectivity index (χ1n) is 5.53. The summed E-state index contributed by atoms with van der Waals surface area (Å²) in [5.74, 6) is 4.43.